The maximum atomic E-state index is 11.4. The second kappa shape index (κ2) is 7.74. The van der Waals surface area contributed by atoms with E-state index in [0.29, 0.717) is 25.9 Å². The lowest BCUT2D eigenvalue weighted by Crippen LogP contribution is -2.38. The van der Waals surface area contributed by atoms with Crippen LogP contribution in [-0.4, -0.2) is 35.5 Å². The molecule has 0 aromatic heterocycles. The number of aliphatic carboxylic acids is 1. The summed E-state index contributed by atoms with van der Waals surface area (Å²) in [6.07, 6.45) is 6.11. The maximum absolute atomic E-state index is 11.4. The molecule has 4 heteroatoms. The summed E-state index contributed by atoms with van der Waals surface area (Å²) in [4.78, 5) is 11.4. The Kier molecular flexibility index (Phi) is 6.65. The molecule has 0 spiro atoms. The first-order valence-electron chi connectivity index (χ1n) is 7.10. The van der Waals surface area contributed by atoms with Crippen molar-refractivity contribution in [1.29, 1.82) is 0 Å². The van der Waals surface area contributed by atoms with Gasteiger partial charge in [0.05, 0.1) is 18.1 Å². The van der Waals surface area contributed by atoms with Crippen molar-refractivity contribution < 1.29 is 19.7 Å². The molecule has 0 saturated heterocycles. The van der Waals surface area contributed by atoms with Crippen molar-refractivity contribution in [2.75, 3.05) is 13.2 Å². The van der Waals surface area contributed by atoms with Crippen LogP contribution in [0.15, 0.2) is 0 Å². The van der Waals surface area contributed by atoms with Crippen molar-refractivity contribution in [1.82, 2.24) is 0 Å². The number of carbonyl (C=O) groups is 1. The van der Waals surface area contributed by atoms with Gasteiger partial charge in [0.2, 0.25) is 0 Å². The van der Waals surface area contributed by atoms with E-state index < -0.39 is 17.5 Å². The molecule has 1 rings (SSSR count). The van der Waals surface area contributed by atoms with Crippen LogP contribution >= 0.6 is 0 Å². The van der Waals surface area contributed by atoms with Crippen molar-refractivity contribution in [3.63, 3.8) is 0 Å². The minimum absolute atomic E-state index is 0.259. The molecule has 0 aromatic carbocycles. The molecule has 18 heavy (non-hydrogen) atoms. The van der Waals surface area contributed by atoms with Gasteiger partial charge >= 0.3 is 5.97 Å². The van der Waals surface area contributed by atoms with Crippen LogP contribution in [0, 0.1) is 5.41 Å². The molecule has 1 unspecified atom stereocenters. The number of carboxylic acid groups (broad SMARTS) is 1. The van der Waals surface area contributed by atoms with Crippen molar-refractivity contribution in [2.45, 2.75) is 64.4 Å². The number of hydrogen-bond acceptors (Lipinski definition) is 3. The Labute approximate surface area is 109 Å². The standard InChI is InChI=1S/C14H26O4/c1-2-3-9-18-11-12(15)10-14(13(16)17)7-5-4-6-8-14/h12,15H,2-11H2,1H3,(H,16,17). The summed E-state index contributed by atoms with van der Waals surface area (Å²) >= 11 is 0. The van der Waals surface area contributed by atoms with Gasteiger partial charge in [0.1, 0.15) is 0 Å². The molecule has 0 heterocycles. The van der Waals surface area contributed by atoms with Gasteiger partial charge in [-0.3, -0.25) is 4.79 Å². The minimum Gasteiger partial charge on any atom is -0.481 e. The Morgan fingerprint density at radius 2 is 2.00 bits per heavy atom. The van der Waals surface area contributed by atoms with Crippen molar-refractivity contribution in [2.24, 2.45) is 5.41 Å². The third-order valence-electron chi connectivity index (χ3n) is 3.84. The smallest absolute Gasteiger partial charge is 0.309 e. The molecule has 2 N–H and O–H groups in total. The first kappa shape index (κ1) is 15.4. The quantitative estimate of drug-likeness (QED) is 0.657. The number of unbranched alkanes of at least 4 members (excludes halogenated alkanes) is 1. The van der Waals surface area contributed by atoms with Crippen molar-refractivity contribution in [3.8, 4) is 0 Å². The lowest BCUT2D eigenvalue weighted by atomic mass is 9.71. The van der Waals surface area contributed by atoms with Gasteiger partial charge in [0.15, 0.2) is 0 Å². The number of aliphatic hydroxyl groups is 1. The highest BCUT2D eigenvalue weighted by molar-refractivity contribution is 5.74. The van der Waals surface area contributed by atoms with E-state index in [0.717, 1.165) is 32.1 Å². The van der Waals surface area contributed by atoms with Crippen LogP contribution in [0.3, 0.4) is 0 Å². The summed E-state index contributed by atoms with van der Waals surface area (Å²) in [6, 6.07) is 0. The molecule has 0 aromatic rings. The third-order valence-corrected chi connectivity index (χ3v) is 3.84. The predicted octanol–water partition coefficient (Wildman–Crippen LogP) is 2.59. The van der Waals surface area contributed by atoms with Crippen LogP contribution in [0.1, 0.15) is 58.3 Å². The molecule has 4 nitrogen and oxygen atoms in total. The monoisotopic (exact) mass is 258 g/mol. The molecule has 106 valence electrons. The lowest BCUT2D eigenvalue weighted by Gasteiger charge is -2.34. The highest BCUT2D eigenvalue weighted by atomic mass is 16.5. The molecule has 0 radical (unpaired) electrons. The van der Waals surface area contributed by atoms with Gasteiger partial charge in [0, 0.05) is 6.61 Å². The van der Waals surface area contributed by atoms with Gasteiger partial charge in [-0.05, 0) is 25.7 Å². The third kappa shape index (κ3) is 4.58. The van der Waals surface area contributed by atoms with Crippen molar-refractivity contribution in [3.05, 3.63) is 0 Å². The van der Waals surface area contributed by atoms with Gasteiger partial charge in [-0.1, -0.05) is 32.6 Å². The van der Waals surface area contributed by atoms with Crippen molar-refractivity contribution >= 4 is 5.97 Å². The zero-order valence-corrected chi connectivity index (χ0v) is 11.4. The predicted molar refractivity (Wildman–Crippen MR) is 69.5 cm³/mol. The van der Waals surface area contributed by atoms with Crippen LogP contribution < -0.4 is 0 Å². The molecule has 1 atom stereocenters. The molecule has 1 fully saturated rings. The van der Waals surface area contributed by atoms with Crippen LogP contribution in [-0.2, 0) is 9.53 Å². The van der Waals surface area contributed by atoms with Gasteiger partial charge in [0.25, 0.3) is 0 Å². The minimum atomic E-state index is -0.755. The Hall–Kier alpha value is -0.610. The SMILES string of the molecule is CCCCOCC(O)CC1(C(=O)O)CCCCC1. The summed E-state index contributed by atoms with van der Waals surface area (Å²) in [5.41, 5.74) is -0.716. The Balaban J connectivity index is 2.38. The van der Waals surface area contributed by atoms with E-state index in [4.69, 9.17) is 4.74 Å². The summed E-state index contributed by atoms with van der Waals surface area (Å²) < 4.78 is 5.36. The molecular weight excluding hydrogens is 232 g/mol. The Morgan fingerprint density at radius 1 is 1.33 bits per heavy atom. The molecular formula is C14H26O4. The largest absolute Gasteiger partial charge is 0.481 e. The van der Waals surface area contributed by atoms with E-state index >= 15 is 0 Å². The Bertz CT molecular complexity index is 246. The van der Waals surface area contributed by atoms with E-state index in [1.54, 1.807) is 0 Å². The summed E-state index contributed by atoms with van der Waals surface area (Å²) in [5.74, 6) is -0.755. The highest BCUT2D eigenvalue weighted by Gasteiger charge is 2.41. The zero-order valence-electron chi connectivity index (χ0n) is 11.4. The van der Waals surface area contributed by atoms with E-state index in [1.807, 2.05) is 0 Å². The number of rotatable bonds is 8. The summed E-state index contributed by atoms with van der Waals surface area (Å²) in [5, 5.41) is 19.3. The van der Waals surface area contributed by atoms with E-state index in [2.05, 4.69) is 6.92 Å². The first-order valence-corrected chi connectivity index (χ1v) is 7.10. The second-order valence-electron chi connectivity index (χ2n) is 5.43. The van der Waals surface area contributed by atoms with Gasteiger partial charge in [-0.15, -0.1) is 0 Å². The number of carboxylic acids is 1. The normalized spacial score (nSPS) is 20.6. The lowest BCUT2D eigenvalue weighted by molar-refractivity contribution is -0.154. The van der Waals surface area contributed by atoms with E-state index in [-0.39, 0.29) is 6.61 Å². The first-order chi connectivity index (χ1) is 8.60. The maximum Gasteiger partial charge on any atom is 0.309 e. The van der Waals surface area contributed by atoms with Crippen LogP contribution in [0.5, 0.6) is 0 Å². The van der Waals surface area contributed by atoms with E-state index in [9.17, 15) is 15.0 Å². The molecule has 1 saturated carbocycles. The molecule has 0 amide bonds. The van der Waals surface area contributed by atoms with Crippen LogP contribution in [0.25, 0.3) is 0 Å². The Morgan fingerprint density at radius 3 is 2.56 bits per heavy atom. The average Bonchev–Trinajstić information content (AvgIpc) is 2.35. The average molecular weight is 258 g/mol. The molecule has 0 bridgehead atoms. The molecule has 1 aliphatic rings. The molecule has 0 aliphatic heterocycles. The highest BCUT2D eigenvalue weighted by Crippen LogP contribution is 2.40. The fraction of sp³-hybridized carbons (Fsp3) is 0.929. The summed E-state index contributed by atoms with van der Waals surface area (Å²) in [6.45, 7) is 2.99. The summed E-state index contributed by atoms with van der Waals surface area (Å²) in [7, 11) is 0. The zero-order chi connectivity index (χ0) is 13.4. The second-order valence-corrected chi connectivity index (χ2v) is 5.43. The number of ether oxygens (including phenoxy) is 1. The number of hydrogen-bond donors (Lipinski definition) is 2. The van der Waals surface area contributed by atoms with Crippen LogP contribution in [0.2, 0.25) is 0 Å². The fourth-order valence-corrected chi connectivity index (χ4v) is 2.71. The number of aliphatic hydroxyl groups excluding tert-OH is 1. The van der Waals surface area contributed by atoms with Gasteiger partial charge in [-0.2, -0.15) is 0 Å². The van der Waals surface area contributed by atoms with Crippen LogP contribution in [0.4, 0.5) is 0 Å². The fourth-order valence-electron chi connectivity index (χ4n) is 2.71. The van der Waals surface area contributed by atoms with E-state index in [1.165, 1.54) is 0 Å². The van der Waals surface area contributed by atoms with Gasteiger partial charge < -0.3 is 14.9 Å². The topological polar surface area (TPSA) is 66.8 Å². The van der Waals surface area contributed by atoms with Gasteiger partial charge in [-0.25, -0.2) is 0 Å². The molecule has 1 aliphatic carbocycles.